The van der Waals surface area contributed by atoms with Crippen LogP contribution in [0, 0.1) is 0 Å². The maximum absolute atomic E-state index is 12.8. The number of benzene rings is 1. The van der Waals surface area contributed by atoms with E-state index in [-0.39, 0.29) is 12.5 Å². The SMILES string of the molecule is COCC(N)C(=O)N(Cc1cccs1)c1ccc2c(c1)OCCO2. The molecule has 2 heterocycles. The molecule has 0 aliphatic carbocycles. The zero-order chi connectivity index (χ0) is 16.9. The van der Waals surface area contributed by atoms with Gasteiger partial charge in [0.1, 0.15) is 19.3 Å². The second-order valence-corrected chi connectivity index (χ2v) is 6.43. The van der Waals surface area contributed by atoms with E-state index in [9.17, 15) is 4.79 Å². The van der Waals surface area contributed by atoms with Crippen LogP contribution in [0.2, 0.25) is 0 Å². The number of nitrogens with zero attached hydrogens (tertiary/aromatic N) is 1. The number of hydrogen-bond acceptors (Lipinski definition) is 6. The van der Waals surface area contributed by atoms with Gasteiger partial charge < -0.3 is 24.8 Å². The van der Waals surface area contributed by atoms with Crippen LogP contribution in [-0.2, 0) is 16.1 Å². The van der Waals surface area contributed by atoms with E-state index in [1.165, 1.54) is 7.11 Å². The molecule has 0 saturated heterocycles. The van der Waals surface area contributed by atoms with Crippen molar-refractivity contribution in [2.24, 2.45) is 5.73 Å². The number of rotatable bonds is 6. The minimum absolute atomic E-state index is 0.171. The summed E-state index contributed by atoms with van der Waals surface area (Å²) in [7, 11) is 1.53. The fourth-order valence-electron chi connectivity index (χ4n) is 2.51. The maximum Gasteiger partial charge on any atom is 0.246 e. The van der Waals surface area contributed by atoms with Gasteiger partial charge in [-0.1, -0.05) is 6.07 Å². The Labute approximate surface area is 144 Å². The molecule has 2 N–H and O–H groups in total. The van der Waals surface area contributed by atoms with Crippen LogP contribution in [0.15, 0.2) is 35.7 Å². The molecule has 1 aromatic heterocycles. The second-order valence-electron chi connectivity index (χ2n) is 5.39. The van der Waals surface area contributed by atoms with Gasteiger partial charge in [0.05, 0.1) is 13.2 Å². The summed E-state index contributed by atoms with van der Waals surface area (Å²) in [6, 6.07) is 8.72. The monoisotopic (exact) mass is 348 g/mol. The van der Waals surface area contributed by atoms with Crippen LogP contribution in [-0.4, -0.2) is 38.9 Å². The molecule has 0 spiro atoms. The van der Waals surface area contributed by atoms with Gasteiger partial charge in [-0.25, -0.2) is 0 Å². The molecule has 1 amide bonds. The number of anilines is 1. The van der Waals surface area contributed by atoms with Gasteiger partial charge in [-0.05, 0) is 23.6 Å². The third-order valence-corrected chi connectivity index (χ3v) is 4.52. The number of amides is 1. The van der Waals surface area contributed by atoms with Crippen molar-refractivity contribution in [2.75, 3.05) is 31.8 Å². The maximum atomic E-state index is 12.8. The molecule has 7 heteroatoms. The molecule has 24 heavy (non-hydrogen) atoms. The molecule has 1 atom stereocenters. The van der Waals surface area contributed by atoms with Gasteiger partial charge in [-0.3, -0.25) is 4.79 Å². The third kappa shape index (κ3) is 3.69. The van der Waals surface area contributed by atoms with Crippen LogP contribution in [0.3, 0.4) is 0 Å². The van der Waals surface area contributed by atoms with Crippen LogP contribution in [0.4, 0.5) is 5.69 Å². The topological polar surface area (TPSA) is 74.0 Å². The second kappa shape index (κ2) is 7.65. The zero-order valence-corrected chi connectivity index (χ0v) is 14.3. The van der Waals surface area contributed by atoms with Crippen LogP contribution >= 0.6 is 11.3 Å². The van der Waals surface area contributed by atoms with Crippen LogP contribution in [0.25, 0.3) is 0 Å². The van der Waals surface area contributed by atoms with E-state index < -0.39 is 6.04 Å². The molecule has 3 rings (SSSR count). The largest absolute Gasteiger partial charge is 0.486 e. The Bertz CT molecular complexity index is 690. The van der Waals surface area contributed by atoms with E-state index in [1.807, 2.05) is 35.7 Å². The van der Waals surface area contributed by atoms with Gasteiger partial charge in [0.25, 0.3) is 0 Å². The molecule has 1 aliphatic rings. The number of methoxy groups -OCH3 is 1. The Balaban J connectivity index is 1.89. The summed E-state index contributed by atoms with van der Waals surface area (Å²) in [5.41, 5.74) is 6.69. The highest BCUT2D eigenvalue weighted by Crippen LogP contribution is 2.34. The summed E-state index contributed by atoms with van der Waals surface area (Å²) in [5, 5.41) is 1.98. The molecule has 1 unspecified atom stereocenters. The van der Waals surface area contributed by atoms with E-state index in [4.69, 9.17) is 19.9 Å². The molecule has 6 nitrogen and oxygen atoms in total. The van der Waals surface area contributed by atoms with Gasteiger partial charge in [0.15, 0.2) is 11.5 Å². The first kappa shape index (κ1) is 16.8. The van der Waals surface area contributed by atoms with E-state index in [2.05, 4.69) is 0 Å². The van der Waals surface area contributed by atoms with Crippen molar-refractivity contribution in [1.29, 1.82) is 0 Å². The average molecular weight is 348 g/mol. The standard InChI is InChI=1S/C17H20N2O4S/c1-21-11-14(18)17(20)19(10-13-3-2-8-24-13)12-4-5-15-16(9-12)23-7-6-22-15/h2-5,8-9,14H,6-7,10-11,18H2,1H3. The van der Waals surface area contributed by atoms with E-state index in [0.717, 1.165) is 10.6 Å². The van der Waals surface area contributed by atoms with Gasteiger partial charge in [-0.2, -0.15) is 0 Å². The molecule has 1 aliphatic heterocycles. The molecule has 2 aromatic rings. The van der Waals surface area contributed by atoms with Crippen molar-refractivity contribution < 1.29 is 19.0 Å². The molecule has 0 bridgehead atoms. The van der Waals surface area contributed by atoms with Gasteiger partial charge in [0.2, 0.25) is 5.91 Å². The molecule has 0 saturated carbocycles. The lowest BCUT2D eigenvalue weighted by atomic mass is 10.2. The lowest BCUT2D eigenvalue weighted by Crippen LogP contribution is -2.46. The Morgan fingerprint density at radius 3 is 2.83 bits per heavy atom. The Morgan fingerprint density at radius 1 is 1.33 bits per heavy atom. The summed E-state index contributed by atoms with van der Waals surface area (Å²) < 4.78 is 16.2. The summed E-state index contributed by atoms with van der Waals surface area (Å²) in [4.78, 5) is 15.5. The molecule has 128 valence electrons. The number of carbonyl (C=O) groups excluding carboxylic acids is 1. The molecular formula is C17H20N2O4S. The summed E-state index contributed by atoms with van der Waals surface area (Å²) >= 11 is 1.60. The smallest absolute Gasteiger partial charge is 0.246 e. The normalized spacial score (nSPS) is 14.2. The molecule has 1 aromatic carbocycles. The number of ether oxygens (including phenoxy) is 3. The molecule has 0 fully saturated rings. The van der Waals surface area contributed by atoms with E-state index in [0.29, 0.717) is 31.3 Å². The first-order valence-electron chi connectivity index (χ1n) is 7.67. The van der Waals surface area contributed by atoms with Crippen molar-refractivity contribution in [2.45, 2.75) is 12.6 Å². The minimum Gasteiger partial charge on any atom is -0.486 e. The number of fused-ring (bicyclic) bond motifs is 1. The first-order chi connectivity index (χ1) is 11.7. The predicted molar refractivity (Wildman–Crippen MR) is 92.8 cm³/mol. The fraction of sp³-hybridized carbons (Fsp3) is 0.353. The van der Waals surface area contributed by atoms with E-state index in [1.54, 1.807) is 16.2 Å². The quantitative estimate of drug-likeness (QED) is 0.865. The van der Waals surface area contributed by atoms with Crippen LogP contribution in [0.1, 0.15) is 4.88 Å². The molecular weight excluding hydrogens is 328 g/mol. The number of hydrogen-bond donors (Lipinski definition) is 1. The summed E-state index contributed by atoms with van der Waals surface area (Å²) in [6.07, 6.45) is 0. The highest BCUT2D eigenvalue weighted by atomic mass is 32.1. The summed E-state index contributed by atoms with van der Waals surface area (Å²) in [6.45, 7) is 1.65. The molecule has 0 radical (unpaired) electrons. The lowest BCUT2D eigenvalue weighted by Gasteiger charge is -2.27. The Hall–Kier alpha value is -2.09. The van der Waals surface area contributed by atoms with Gasteiger partial charge in [-0.15, -0.1) is 11.3 Å². The van der Waals surface area contributed by atoms with Crippen molar-refractivity contribution in [3.8, 4) is 11.5 Å². The highest BCUT2D eigenvalue weighted by molar-refractivity contribution is 7.09. The van der Waals surface area contributed by atoms with Crippen molar-refractivity contribution >= 4 is 22.9 Å². The van der Waals surface area contributed by atoms with Crippen molar-refractivity contribution in [3.05, 3.63) is 40.6 Å². The Morgan fingerprint density at radius 2 is 2.12 bits per heavy atom. The first-order valence-corrected chi connectivity index (χ1v) is 8.55. The van der Waals surface area contributed by atoms with Crippen LogP contribution in [0.5, 0.6) is 11.5 Å². The van der Waals surface area contributed by atoms with E-state index >= 15 is 0 Å². The number of nitrogens with two attached hydrogens (primary N) is 1. The average Bonchev–Trinajstić information content (AvgIpc) is 3.12. The highest BCUT2D eigenvalue weighted by Gasteiger charge is 2.24. The number of carbonyl (C=O) groups is 1. The number of thiophene rings is 1. The van der Waals surface area contributed by atoms with Gasteiger partial charge in [0, 0.05) is 23.7 Å². The minimum atomic E-state index is -0.719. The predicted octanol–water partition coefficient (Wildman–Crippen LogP) is 2.03. The Kier molecular flexibility index (Phi) is 5.34. The third-order valence-electron chi connectivity index (χ3n) is 3.66. The van der Waals surface area contributed by atoms with Gasteiger partial charge >= 0.3 is 0 Å². The van der Waals surface area contributed by atoms with Crippen molar-refractivity contribution in [1.82, 2.24) is 0 Å². The zero-order valence-electron chi connectivity index (χ0n) is 13.4. The summed E-state index contributed by atoms with van der Waals surface area (Å²) in [5.74, 6) is 1.14. The van der Waals surface area contributed by atoms with Crippen molar-refractivity contribution in [3.63, 3.8) is 0 Å². The fourth-order valence-corrected chi connectivity index (χ4v) is 3.20. The van der Waals surface area contributed by atoms with Crippen LogP contribution < -0.4 is 20.1 Å². The lowest BCUT2D eigenvalue weighted by molar-refractivity contribution is -0.121.